The Hall–Kier alpha value is -0.410. The minimum absolute atomic E-state index is 0.356. The first kappa shape index (κ1) is 22.6. The van der Waals surface area contributed by atoms with Crippen molar-refractivity contribution in [2.24, 2.45) is 0 Å². The van der Waals surface area contributed by atoms with E-state index in [-0.39, 0.29) is 0 Å². The lowest BCUT2D eigenvalue weighted by atomic mass is 10.1. The Morgan fingerprint density at radius 3 is 2.40 bits per heavy atom. The van der Waals surface area contributed by atoms with Crippen molar-refractivity contribution in [3.8, 4) is 0 Å². The van der Waals surface area contributed by atoms with Gasteiger partial charge in [0.1, 0.15) is 0 Å². The van der Waals surface area contributed by atoms with Crippen molar-refractivity contribution in [3.63, 3.8) is 0 Å². The molecule has 146 valence electrons. The van der Waals surface area contributed by atoms with Gasteiger partial charge < -0.3 is 10.1 Å². The molecule has 1 rings (SSSR count). The second-order valence-electron chi connectivity index (χ2n) is 7.09. The van der Waals surface area contributed by atoms with Crippen LogP contribution in [0.2, 0.25) is 0 Å². The first-order valence-electron chi connectivity index (χ1n) is 10.7. The molecule has 1 unspecified atom stereocenters. The molecule has 0 radical (unpaired) electrons. The fourth-order valence-electron chi connectivity index (χ4n) is 3.00. The van der Waals surface area contributed by atoms with Crippen LogP contribution >= 0.6 is 11.8 Å². The van der Waals surface area contributed by atoms with Gasteiger partial charge in [0.25, 0.3) is 0 Å². The predicted molar refractivity (Wildman–Crippen MR) is 114 cm³/mol. The van der Waals surface area contributed by atoms with Crippen molar-refractivity contribution in [2.75, 3.05) is 24.7 Å². The zero-order valence-corrected chi connectivity index (χ0v) is 17.5. The summed E-state index contributed by atoms with van der Waals surface area (Å²) in [6.45, 7) is 6.24. The highest BCUT2D eigenvalue weighted by atomic mass is 32.2. The molecule has 2 nitrogen and oxygen atoms in total. The zero-order valence-electron chi connectivity index (χ0n) is 16.7. The van der Waals surface area contributed by atoms with Crippen LogP contribution in [0, 0.1) is 0 Å². The summed E-state index contributed by atoms with van der Waals surface area (Å²) in [7, 11) is 0. The third-order valence-corrected chi connectivity index (χ3v) is 5.68. The van der Waals surface area contributed by atoms with Crippen LogP contribution in [0.15, 0.2) is 23.9 Å². The fraction of sp³-hybridized carbons (Fsp3) is 0.818. The average Bonchev–Trinajstić information content (AvgIpc) is 2.63. The van der Waals surface area contributed by atoms with Crippen LogP contribution in [-0.4, -0.2) is 30.8 Å². The summed E-state index contributed by atoms with van der Waals surface area (Å²) in [5, 5.41) is 3.62. The summed E-state index contributed by atoms with van der Waals surface area (Å²) in [6, 6.07) is 0.356. The van der Waals surface area contributed by atoms with Crippen molar-refractivity contribution in [3.05, 3.63) is 23.9 Å². The zero-order chi connectivity index (χ0) is 18.0. The van der Waals surface area contributed by atoms with E-state index in [4.69, 9.17) is 4.74 Å². The minimum Gasteiger partial charge on any atom is -0.380 e. The number of allylic oxidation sites excluding steroid dienone is 3. The molecule has 1 heterocycles. The van der Waals surface area contributed by atoms with E-state index in [0.29, 0.717) is 6.04 Å². The van der Waals surface area contributed by atoms with Crippen LogP contribution in [0.1, 0.15) is 84.5 Å². The topological polar surface area (TPSA) is 21.3 Å². The molecular weight excluding hydrogens is 326 g/mol. The van der Waals surface area contributed by atoms with E-state index < -0.39 is 0 Å². The number of ether oxygens (including phenoxy) is 1. The lowest BCUT2D eigenvalue weighted by Gasteiger charge is -2.21. The van der Waals surface area contributed by atoms with Gasteiger partial charge in [-0.25, -0.2) is 0 Å². The van der Waals surface area contributed by atoms with E-state index in [1.807, 2.05) is 0 Å². The van der Waals surface area contributed by atoms with Gasteiger partial charge in [-0.2, -0.15) is 11.8 Å². The summed E-state index contributed by atoms with van der Waals surface area (Å²) >= 11 is 2.10. The lowest BCUT2D eigenvalue weighted by Crippen LogP contribution is -2.33. The van der Waals surface area contributed by atoms with E-state index >= 15 is 0 Å². The largest absolute Gasteiger partial charge is 0.380 e. The molecule has 3 heteroatoms. The van der Waals surface area contributed by atoms with Gasteiger partial charge >= 0.3 is 0 Å². The Labute approximate surface area is 161 Å². The highest BCUT2D eigenvalue weighted by molar-refractivity contribution is 7.99. The normalized spacial score (nSPS) is 16.7. The van der Waals surface area contributed by atoms with E-state index in [1.54, 1.807) is 0 Å². The number of hydrogen-bond donors (Lipinski definition) is 1. The quantitative estimate of drug-likeness (QED) is 0.297. The maximum absolute atomic E-state index is 5.85. The molecule has 1 aliphatic heterocycles. The third kappa shape index (κ3) is 13.5. The summed E-state index contributed by atoms with van der Waals surface area (Å²) in [6.07, 6.45) is 21.3. The molecule has 0 aromatic heterocycles. The standard InChI is InChI=1S/C22H41NOS/c1-3-5-7-9-11-17-24-20-22-15-13-14-21(23-22)16-19-25-18-12-10-8-6-4-2/h13-15,22-23H,3-12,16-20H2,1-2H3. The Morgan fingerprint density at radius 1 is 0.920 bits per heavy atom. The number of rotatable bonds is 17. The van der Waals surface area contributed by atoms with E-state index in [1.165, 1.54) is 81.4 Å². The number of unbranched alkanes of at least 4 members (excludes halogenated alkanes) is 8. The minimum atomic E-state index is 0.356. The number of thioether (sulfide) groups is 1. The van der Waals surface area contributed by atoms with E-state index in [0.717, 1.165) is 19.6 Å². The Morgan fingerprint density at radius 2 is 1.64 bits per heavy atom. The molecule has 0 amide bonds. The third-order valence-electron chi connectivity index (χ3n) is 4.61. The highest BCUT2D eigenvalue weighted by Crippen LogP contribution is 2.14. The maximum atomic E-state index is 5.85. The average molecular weight is 368 g/mol. The van der Waals surface area contributed by atoms with Crippen molar-refractivity contribution >= 4 is 11.8 Å². The molecule has 25 heavy (non-hydrogen) atoms. The molecule has 1 N–H and O–H groups in total. The Kier molecular flexibility index (Phi) is 15.4. The Balaban J connectivity index is 1.96. The molecule has 0 aliphatic carbocycles. The molecule has 0 fully saturated rings. The SMILES string of the molecule is CCCCCCCOCC1C=CC=C(CCSCCCCCCC)N1. The van der Waals surface area contributed by atoms with E-state index in [9.17, 15) is 0 Å². The van der Waals surface area contributed by atoms with Crippen molar-refractivity contribution in [1.82, 2.24) is 5.32 Å². The van der Waals surface area contributed by atoms with Crippen LogP contribution in [0.5, 0.6) is 0 Å². The van der Waals surface area contributed by atoms with Crippen LogP contribution in [-0.2, 0) is 4.74 Å². The fourth-order valence-corrected chi connectivity index (χ4v) is 3.98. The van der Waals surface area contributed by atoms with Crippen LogP contribution in [0.4, 0.5) is 0 Å². The van der Waals surface area contributed by atoms with Crippen molar-refractivity contribution in [2.45, 2.75) is 90.5 Å². The second-order valence-corrected chi connectivity index (χ2v) is 8.32. The maximum Gasteiger partial charge on any atom is 0.0704 e. The lowest BCUT2D eigenvalue weighted by molar-refractivity contribution is 0.119. The molecule has 0 saturated carbocycles. The molecule has 1 atom stereocenters. The van der Waals surface area contributed by atoms with Gasteiger partial charge in [0.15, 0.2) is 0 Å². The second kappa shape index (κ2) is 17.0. The summed E-state index contributed by atoms with van der Waals surface area (Å²) in [5.41, 5.74) is 1.37. The molecule has 0 aromatic carbocycles. The van der Waals surface area contributed by atoms with Crippen LogP contribution < -0.4 is 5.32 Å². The molecule has 0 spiro atoms. The smallest absolute Gasteiger partial charge is 0.0704 e. The Bertz CT molecular complexity index is 354. The first-order valence-corrected chi connectivity index (χ1v) is 11.8. The van der Waals surface area contributed by atoms with Gasteiger partial charge in [-0.15, -0.1) is 0 Å². The van der Waals surface area contributed by atoms with Crippen molar-refractivity contribution in [1.29, 1.82) is 0 Å². The highest BCUT2D eigenvalue weighted by Gasteiger charge is 2.09. The van der Waals surface area contributed by atoms with Crippen LogP contribution in [0.25, 0.3) is 0 Å². The summed E-state index contributed by atoms with van der Waals surface area (Å²) < 4.78 is 5.85. The molecule has 0 bridgehead atoms. The van der Waals surface area contributed by atoms with Gasteiger partial charge in [-0.05, 0) is 36.8 Å². The molecule has 0 aromatic rings. The van der Waals surface area contributed by atoms with Gasteiger partial charge in [0.05, 0.1) is 12.6 Å². The predicted octanol–water partition coefficient (Wildman–Crippen LogP) is 6.48. The molecule has 0 saturated heterocycles. The van der Waals surface area contributed by atoms with Gasteiger partial charge in [-0.3, -0.25) is 0 Å². The first-order chi connectivity index (χ1) is 12.4. The number of nitrogens with one attached hydrogen (secondary N) is 1. The summed E-state index contributed by atoms with van der Waals surface area (Å²) in [4.78, 5) is 0. The number of dihydropyridines is 1. The monoisotopic (exact) mass is 367 g/mol. The van der Waals surface area contributed by atoms with Gasteiger partial charge in [0, 0.05) is 12.3 Å². The van der Waals surface area contributed by atoms with Gasteiger partial charge in [0.2, 0.25) is 0 Å². The summed E-state index contributed by atoms with van der Waals surface area (Å²) in [5.74, 6) is 2.54. The van der Waals surface area contributed by atoms with Crippen molar-refractivity contribution < 1.29 is 4.74 Å². The number of hydrogen-bond acceptors (Lipinski definition) is 3. The van der Waals surface area contributed by atoms with E-state index in [2.05, 4.69) is 49.2 Å². The van der Waals surface area contributed by atoms with Crippen LogP contribution in [0.3, 0.4) is 0 Å². The molecular formula is C22H41NOS. The van der Waals surface area contributed by atoms with Gasteiger partial charge in [-0.1, -0.05) is 77.4 Å². The molecule has 1 aliphatic rings.